The van der Waals surface area contributed by atoms with Crippen LogP contribution in [0.25, 0.3) is 28.1 Å². The molecule has 0 saturated carbocycles. The molecule has 106 valence electrons. The smallest absolute Gasteiger partial charge is 0.278 e. The van der Waals surface area contributed by atoms with Crippen LogP contribution in [0, 0.1) is 13.8 Å². The first kappa shape index (κ1) is 12.5. The molecule has 0 aliphatic carbocycles. The van der Waals surface area contributed by atoms with Gasteiger partial charge < -0.3 is 9.51 Å². The molecule has 4 aromatic heterocycles. The number of aryl methyl sites for hydroxylation is 2. The Morgan fingerprint density at radius 3 is 2.90 bits per heavy atom. The lowest BCUT2D eigenvalue weighted by Crippen LogP contribution is -1.87. The maximum absolute atomic E-state index is 6.17. The monoisotopic (exact) mass is 320 g/mol. The molecule has 0 spiro atoms. The Kier molecular flexibility index (Phi) is 2.63. The third-order valence-electron chi connectivity index (χ3n) is 3.06. The minimum atomic E-state index is 0.351. The first-order valence-electron chi connectivity index (χ1n) is 6.12. The normalized spacial score (nSPS) is 11.6. The topological polar surface area (TPSA) is 84.9 Å². The van der Waals surface area contributed by atoms with Crippen LogP contribution in [0.2, 0.25) is 5.15 Å². The van der Waals surface area contributed by atoms with Crippen LogP contribution in [-0.2, 0) is 0 Å². The maximum atomic E-state index is 6.17. The summed E-state index contributed by atoms with van der Waals surface area (Å²) in [5, 5.41) is 6.27. The number of aromatic amines is 1. The lowest BCUT2D eigenvalue weighted by atomic mass is 10.3. The molecule has 0 aliphatic rings. The fourth-order valence-corrected chi connectivity index (χ4v) is 3.21. The fourth-order valence-electron chi connectivity index (χ4n) is 2.19. The van der Waals surface area contributed by atoms with Crippen LogP contribution in [0.4, 0.5) is 0 Å². The second kappa shape index (κ2) is 4.40. The number of thiazole rings is 1. The lowest BCUT2D eigenvalue weighted by molar-refractivity contribution is 0.430. The fraction of sp³-hybridized carbons (Fsp3) is 0.167. The van der Waals surface area contributed by atoms with Gasteiger partial charge in [0.25, 0.3) is 5.89 Å². The predicted molar refractivity (Wildman–Crippen MR) is 78.4 cm³/mol. The number of H-pyrrole nitrogens is 1. The van der Waals surface area contributed by atoms with Gasteiger partial charge in [-0.05, 0) is 13.8 Å². The van der Waals surface area contributed by atoms with E-state index in [-0.39, 0.29) is 0 Å². The Morgan fingerprint density at radius 1 is 1.29 bits per heavy atom. The molecule has 4 aromatic rings. The number of hydrogen-bond acceptors (Lipinski definition) is 6. The summed E-state index contributed by atoms with van der Waals surface area (Å²) in [6.45, 7) is 3.78. The first-order chi connectivity index (χ1) is 10.1. The Balaban J connectivity index is 1.86. The highest BCUT2D eigenvalue weighted by molar-refractivity contribution is 7.15. The van der Waals surface area contributed by atoms with Crippen LogP contribution in [0.15, 0.2) is 16.1 Å². The molecule has 1 N–H and O–H groups in total. The Hall–Kier alpha value is -2.19. The molecule has 0 aliphatic heterocycles. The Labute approximate surface area is 127 Å². The van der Waals surface area contributed by atoms with Gasteiger partial charge in [0.1, 0.15) is 17.2 Å². The Bertz CT molecular complexity index is 948. The van der Waals surface area contributed by atoms with E-state index in [1.165, 1.54) is 11.3 Å². The Morgan fingerprint density at radius 2 is 2.14 bits per heavy atom. The van der Waals surface area contributed by atoms with E-state index >= 15 is 0 Å². The molecule has 21 heavy (non-hydrogen) atoms. The van der Waals surface area contributed by atoms with Crippen molar-refractivity contribution in [1.29, 1.82) is 0 Å². The van der Waals surface area contributed by atoms with Gasteiger partial charge >= 0.3 is 0 Å². The third-order valence-corrected chi connectivity index (χ3v) is 4.08. The van der Waals surface area contributed by atoms with Gasteiger partial charge in [-0.2, -0.15) is 4.98 Å². The second-order valence-corrected chi connectivity index (χ2v) is 5.76. The standard InChI is InChI=1S/C12H9ClN6OS/c1-5-7(15-6(2)14-5)11-17-10(18-20-11)8-9(13)16-12-19(8)3-4-21-12/h3-4H,1-2H3,(H,14,15). The minimum absolute atomic E-state index is 0.351. The highest BCUT2D eigenvalue weighted by Crippen LogP contribution is 2.30. The van der Waals surface area contributed by atoms with Crippen LogP contribution in [0.3, 0.4) is 0 Å². The highest BCUT2D eigenvalue weighted by atomic mass is 35.5. The summed E-state index contributed by atoms with van der Waals surface area (Å²) in [4.78, 5) is 16.9. The van der Waals surface area contributed by atoms with Crippen molar-refractivity contribution in [3.05, 3.63) is 28.2 Å². The van der Waals surface area contributed by atoms with E-state index in [9.17, 15) is 0 Å². The third kappa shape index (κ3) is 1.87. The summed E-state index contributed by atoms with van der Waals surface area (Å²) >= 11 is 7.66. The predicted octanol–water partition coefficient (Wildman–Crippen LogP) is 3.11. The van der Waals surface area contributed by atoms with E-state index in [2.05, 4.69) is 25.1 Å². The van der Waals surface area contributed by atoms with Gasteiger partial charge in [-0.25, -0.2) is 9.97 Å². The average Bonchev–Trinajstić information content (AvgIpc) is 3.14. The zero-order chi connectivity index (χ0) is 14.6. The summed E-state index contributed by atoms with van der Waals surface area (Å²) in [6, 6.07) is 0. The van der Waals surface area contributed by atoms with Crippen molar-refractivity contribution in [1.82, 2.24) is 29.5 Å². The number of nitrogens with zero attached hydrogens (tertiary/aromatic N) is 5. The quantitative estimate of drug-likeness (QED) is 0.613. The van der Waals surface area contributed by atoms with Gasteiger partial charge in [-0.3, -0.25) is 4.40 Å². The number of rotatable bonds is 2. The van der Waals surface area contributed by atoms with Crippen molar-refractivity contribution in [2.24, 2.45) is 0 Å². The number of hydrogen-bond donors (Lipinski definition) is 1. The maximum Gasteiger partial charge on any atom is 0.278 e. The van der Waals surface area contributed by atoms with Gasteiger partial charge in [0.05, 0.1) is 0 Å². The van der Waals surface area contributed by atoms with Crippen molar-refractivity contribution in [3.8, 4) is 23.1 Å². The zero-order valence-electron chi connectivity index (χ0n) is 11.1. The van der Waals surface area contributed by atoms with Gasteiger partial charge in [0.2, 0.25) is 5.82 Å². The molecule has 4 rings (SSSR count). The number of fused-ring (bicyclic) bond motifs is 1. The second-order valence-electron chi connectivity index (χ2n) is 4.53. The van der Waals surface area contributed by atoms with Crippen molar-refractivity contribution < 1.29 is 4.52 Å². The number of aromatic nitrogens is 6. The van der Waals surface area contributed by atoms with E-state index in [1.807, 2.05) is 29.8 Å². The molecule has 0 radical (unpaired) electrons. The average molecular weight is 321 g/mol. The van der Waals surface area contributed by atoms with E-state index < -0.39 is 0 Å². The molecule has 0 aromatic carbocycles. The van der Waals surface area contributed by atoms with Crippen molar-refractivity contribution in [3.63, 3.8) is 0 Å². The van der Waals surface area contributed by atoms with Gasteiger partial charge in [-0.15, -0.1) is 11.3 Å². The van der Waals surface area contributed by atoms with Gasteiger partial charge in [-0.1, -0.05) is 16.8 Å². The minimum Gasteiger partial charge on any atom is -0.346 e. The lowest BCUT2D eigenvalue weighted by Gasteiger charge is -1.91. The molecule has 0 saturated heterocycles. The SMILES string of the molecule is Cc1nc(-c2nc(-c3c(Cl)nc4sccn34)no2)c(C)[nH]1. The summed E-state index contributed by atoms with van der Waals surface area (Å²) in [5.41, 5.74) is 2.14. The summed E-state index contributed by atoms with van der Waals surface area (Å²) in [7, 11) is 0. The molecule has 9 heteroatoms. The van der Waals surface area contributed by atoms with Gasteiger partial charge in [0, 0.05) is 17.3 Å². The molecule has 0 atom stereocenters. The molecule has 0 unspecified atom stereocenters. The van der Waals surface area contributed by atoms with Crippen molar-refractivity contribution in [2.45, 2.75) is 13.8 Å². The summed E-state index contributed by atoms with van der Waals surface area (Å²) in [5.74, 6) is 1.54. The first-order valence-corrected chi connectivity index (χ1v) is 7.38. The molecular formula is C12H9ClN6OS. The van der Waals surface area contributed by atoms with Crippen LogP contribution in [0.1, 0.15) is 11.5 Å². The summed E-state index contributed by atoms with van der Waals surface area (Å²) < 4.78 is 7.15. The van der Waals surface area contributed by atoms with Crippen LogP contribution in [0.5, 0.6) is 0 Å². The van der Waals surface area contributed by atoms with E-state index in [4.69, 9.17) is 16.1 Å². The molecule has 7 nitrogen and oxygen atoms in total. The van der Waals surface area contributed by atoms with Crippen LogP contribution in [-0.4, -0.2) is 29.5 Å². The number of imidazole rings is 2. The molecular weight excluding hydrogens is 312 g/mol. The van der Waals surface area contributed by atoms with Crippen molar-refractivity contribution in [2.75, 3.05) is 0 Å². The number of halogens is 1. The number of nitrogens with one attached hydrogen (secondary N) is 1. The van der Waals surface area contributed by atoms with Gasteiger partial charge in [0.15, 0.2) is 10.1 Å². The van der Waals surface area contributed by atoms with E-state index in [0.717, 1.165) is 16.5 Å². The molecule has 4 heterocycles. The largest absolute Gasteiger partial charge is 0.346 e. The van der Waals surface area contributed by atoms with Crippen LogP contribution >= 0.6 is 22.9 Å². The summed E-state index contributed by atoms with van der Waals surface area (Å²) in [6.07, 6.45) is 1.87. The highest BCUT2D eigenvalue weighted by Gasteiger charge is 2.21. The molecule has 0 bridgehead atoms. The zero-order valence-corrected chi connectivity index (χ0v) is 12.7. The molecule has 0 fully saturated rings. The van der Waals surface area contributed by atoms with Crippen molar-refractivity contribution >= 4 is 27.9 Å². The van der Waals surface area contributed by atoms with Crippen LogP contribution < -0.4 is 0 Å². The van der Waals surface area contributed by atoms with E-state index in [1.54, 1.807) is 0 Å². The molecule has 0 amide bonds. The van der Waals surface area contributed by atoms with E-state index in [0.29, 0.717) is 28.3 Å².